The maximum Gasteiger partial charge on any atom is 0.248 e. The molecule has 0 radical (unpaired) electrons. The minimum atomic E-state index is -0.171. The largest absolute Gasteiger partial charge is 0.322 e. The summed E-state index contributed by atoms with van der Waals surface area (Å²) in [5.41, 5.74) is 3.48. The second-order valence-electron chi connectivity index (χ2n) is 5.30. The van der Waals surface area contributed by atoms with Gasteiger partial charge in [0.25, 0.3) is 0 Å². The lowest BCUT2D eigenvalue weighted by Gasteiger charge is -2.06. The summed E-state index contributed by atoms with van der Waals surface area (Å²) in [7, 11) is 0. The fourth-order valence-electron chi connectivity index (χ4n) is 2.29. The summed E-state index contributed by atoms with van der Waals surface area (Å²) < 4.78 is 0. The molecule has 0 unspecified atom stereocenters. The van der Waals surface area contributed by atoms with E-state index in [2.05, 4.69) is 15.3 Å². The van der Waals surface area contributed by atoms with Crippen LogP contribution in [0.4, 0.5) is 5.69 Å². The number of aromatic nitrogens is 2. The Hall–Kier alpha value is -3.27. The summed E-state index contributed by atoms with van der Waals surface area (Å²) in [5.74, 6) is 0.544. The SMILES string of the molecule is Cc1nccc(-c2cccc(NC(=O)C=Cc3ccccc3)c2)n1. The number of rotatable bonds is 4. The molecule has 0 saturated carbocycles. The number of carbonyl (C=O) groups is 1. The molecular weight excluding hydrogens is 298 g/mol. The summed E-state index contributed by atoms with van der Waals surface area (Å²) in [6, 6.07) is 19.2. The van der Waals surface area contributed by atoms with E-state index in [4.69, 9.17) is 0 Å². The average molecular weight is 315 g/mol. The van der Waals surface area contributed by atoms with Gasteiger partial charge < -0.3 is 5.32 Å². The highest BCUT2D eigenvalue weighted by atomic mass is 16.1. The van der Waals surface area contributed by atoms with E-state index >= 15 is 0 Å². The third-order valence-corrected chi connectivity index (χ3v) is 3.43. The van der Waals surface area contributed by atoms with Gasteiger partial charge in [-0.25, -0.2) is 9.97 Å². The van der Waals surface area contributed by atoms with Crippen molar-refractivity contribution in [2.24, 2.45) is 0 Å². The molecule has 0 aliphatic heterocycles. The maximum atomic E-state index is 12.1. The highest BCUT2D eigenvalue weighted by Gasteiger charge is 2.03. The Morgan fingerprint density at radius 3 is 2.67 bits per heavy atom. The lowest BCUT2D eigenvalue weighted by Crippen LogP contribution is -2.07. The van der Waals surface area contributed by atoms with Crippen LogP contribution in [0.25, 0.3) is 17.3 Å². The van der Waals surface area contributed by atoms with Gasteiger partial charge >= 0.3 is 0 Å². The Labute approximate surface area is 140 Å². The van der Waals surface area contributed by atoms with Crippen molar-refractivity contribution in [2.45, 2.75) is 6.92 Å². The van der Waals surface area contributed by atoms with Gasteiger partial charge in [-0.1, -0.05) is 42.5 Å². The molecule has 0 fully saturated rings. The molecule has 118 valence electrons. The first-order valence-electron chi connectivity index (χ1n) is 7.65. The quantitative estimate of drug-likeness (QED) is 0.737. The molecule has 0 saturated heterocycles. The molecular formula is C20H17N3O. The highest BCUT2D eigenvalue weighted by molar-refractivity contribution is 6.02. The summed E-state index contributed by atoms with van der Waals surface area (Å²) >= 11 is 0. The molecule has 0 bridgehead atoms. The molecule has 0 aliphatic rings. The minimum absolute atomic E-state index is 0.171. The second-order valence-corrected chi connectivity index (χ2v) is 5.30. The first-order chi connectivity index (χ1) is 11.7. The van der Waals surface area contributed by atoms with Gasteiger partial charge in [0.2, 0.25) is 5.91 Å². The summed E-state index contributed by atoms with van der Waals surface area (Å²) in [6.45, 7) is 1.85. The zero-order chi connectivity index (χ0) is 16.8. The topological polar surface area (TPSA) is 54.9 Å². The van der Waals surface area contributed by atoms with Crippen LogP contribution in [0.5, 0.6) is 0 Å². The van der Waals surface area contributed by atoms with Gasteiger partial charge in [0.15, 0.2) is 0 Å². The van der Waals surface area contributed by atoms with Crippen molar-refractivity contribution < 1.29 is 4.79 Å². The van der Waals surface area contributed by atoms with Crippen molar-refractivity contribution >= 4 is 17.7 Å². The minimum Gasteiger partial charge on any atom is -0.322 e. The molecule has 24 heavy (non-hydrogen) atoms. The van der Waals surface area contributed by atoms with Crippen LogP contribution in [0.1, 0.15) is 11.4 Å². The van der Waals surface area contributed by atoms with Crippen LogP contribution in [0.2, 0.25) is 0 Å². The third-order valence-electron chi connectivity index (χ3n) is 3.43. The van der Waals surface area contributed by atoms with Gasteiger partial charge in [-0.2, -0.15) is 0 Å². The molecule has 4 nitrogen and oxygen atoms in total. The number of amides is 1. The molecule has 3 aromatic rings. The lowest BCUT2D eigenvalue weighted by molar-refractivity contribution is -0.111. The van der Waals surface area contributed by atoms with E-state index in [0.29, 0.717) is 5.82 Å². The molecule has 1 amide bonds. The van der Waals surface area contributed by atoms with Gasteiger partial charge in [-0.3, -0.25) is 4.79 Å². The Kier molecular flexibility index (Phi) is 4.77. The van der Waals surface area contributed by atoms with Crippen molar-refractivity contribution in [1.82, 2.24) is 9.97 Å². The number of hydrogen-bond donors (Lipinski definition) is 1. The van der Waals surface area contributed by atoms with Crippen molar-refractivity contribution in [3.05, 3.63) is 84.3 Å². The lowest BCUT2D eigenvalue weighted by atomic mass is 10.1. The second kappa shape index (κ2) is 7.33. The zero-order valence-electron chi connectivity index (χ0n) is 13.3. The molecule has 4 heteroatoms. The normalized spacial score (nSPS) is 10.7. The van der Waals surface area contributed by atoms with E-state index in [1.54, 1.807) is 12.3 Å². The Balaban J connectivity index is 1.73. The Bertz CT molecular complexity index is 873. The first-order valence-corrected chi connectivity index (χ1v) is 7.65. The van der Waals surface area contributed by atoms with Gasteiger partial charge in [0, 0.05) is 23.5 Å². The molecule has 2 aromatic carbocycles. The summed E-state index contributed by atoms with van der Waals surface area (Å²) in [4.78, 5) is 20.6. The van der Waals surface area contributed by atoms with E-state index in [1.807, 2.05) is 67.6 Å². The monoisotopic (exact) mass is 315 g/mol. The Morgan fingerprint density at radius 2 is 1.88 bits per heavy atom. The van der Waals surface area contributed by atoms with Gasteiger partial charge in [-0.05, 0) is 36.8 Å². The molecule has 1 N–H and O–H groups in total. The number of nitrogens with one attached hydrogen (secondary N) is 1. The van der Waals surface area contributed by atoms with Crippen LogP contribution in [0, 0.1) is 6.92 Å². The highest BCUT2D eigenvalue weighted by Crippen LogP contribution is 2.20. The van der Waals surface area contributed by atoms with Gasteiger partial charge in [0.1, 0.15) is 5.82 Å². The number of carbonyl (C=O) groups excluding carboxylic acids is 1. The van der Waals surface area contributed by atoms with E-state index in [-0.39, 0.29) is 5.91 Å². The van der Waals surface area contributed by atoms with Crippen LogP contribution < -0.4 is 5.32 Å². The third kappa shape index (κ3) is 4.14. The number of anilines is 1. The first kappa shape index (κ1) is 15.6. The molecule has 0 atom stereocenters. The molecule has 3 rings (SSSR count). The van der Waals surface area contributed by atoms with E-state index < -0.39 is 0 Å². The number of hydrogen-bond acceptors (Lipinski definition) is 3. The Morgan fingerprint density at radius 1 is 1.04 bits per heavy atom. The smallest absolute Gasteiger partial charge is 0.248 e. The van der Waals surface area contributed by atoms with Crippen molar-refractivity contribution in [3.63, 3.8) is 0 Å². The fraction of sp³-hybridized carbons (Fsp3) is 0.0500. The standard InChI is InChI=1S/C20H17N3O/c1-15-21-13-12-19(22-15)17-8-5-9-18(14-17)23-20(24)11-10-16-6-3-2-4-7-16/h2-14H,1H3,(H,23,24). The fourth-order valence-corrected chi connectivity index (χ4v) is 2.29. The van der Waals surface area contributed by atoms with Crippen LogP contribution in [-0.4, -0.2) is 15.9 Å². The predicted octanol–water partition coefficient (Wildman–Crippen LogP) is 4.10. The van der Waals surface area contributed by atoms with Crippen LogP contribution in [-0.2, 0) is 4.79 Å². The summed E-state index contributed by atoms with van der Waals surface area (Å²) in [5, 5.41) is 2.87. The van der Waals surface area contributed by atoms with Gasteiger partial charge in [-0.15, -0.1) is 0 Å². The van der Waals surface area contributed by atoms with Gasteiger partial charge in [0.05, 0.1) is 5.69 Å². The number of benzene rings is 2. The molecule has 1 heterocycles. The van der Waals surface area contributed by atoms with E-state index in [9.17, 15) is 4.79 Å². The van der Waals surface area contributed by atoms with Crippen LogP contribution in [0.15, 0.2) is 72.9 Å². The molecule has 1 aromatic heterocycles. The van der Waals surface area contributed by atoms with Crippen molar-refractivity contribution in [1.29, 1.82) is 0 Å². The number of nitrogens with zero attached hydrogens (tertiary/aromatic N) is 2. The van der Waals surface area contributed by atoms with E-state index in [1.165, 1.54) is 6.08 Å². The van der Waals surface area contributed by atoms with Crippen molar-refractivity contribution in [3.8, 4) is 11.3 Å². The maximum absolute atomic E-state index is 12.1. The van der Waals surface area contributed by atoms with E-state index in [0.717, 1.165) is 22.5 Å². The van der Waals surface area contributed by atoms with Crippen LogP contribution in [0.3, 0.4) is 0 Å². The van der Waals surface area contributed by atoms with Crippen LogP contribution >= 0.6 is 0 Å². The summed E-state index contributed by atoms with van der Waals surface area (Å²) in [6.07, 6.45) is 5.04. The van der Waals surface area contributed by atoms with Crippen molar-refractivity contribution in [2.75, 3.05) is 5.32 Å². The average Bonchev–Trinajstić information content (AvgIpc) is 2.61. The number of aryl methyl sites for hydroxylation is 1. The zero-order valence-corrected chi connectivity index (χ0v) is 13.3. The molecule has 0 aliphatic carbocycles. The predicted molar refractivity (Wildman–Crippen MR) is 96.3 cm³/mol. The molecule has 0 spiro atoms.